The van der Waals surface area contributed by atoms with E-state index in [9.17, 15) is 9.59 Å². The SMILES string of the molecule is Cc1ccc(-c2nc(C(=O)NCc3cccc(N4CCOC4=O)c3)cs2)cc1. The number of nitrogens with one attached hydrogen (secondary N) is 1. The van der Waals surface area contributed by atoms with E-state index in [1.807, 2.05) is 55.5 Å². The van der Waals surface area contributed by atoms with Gasteiger partial charge in [-0.15, -0.1) is 11.3 Å². The monoisotopic (exact) mass is 393 g/mol. The van der Waals surface area contributed by atoms with E-state index >= 15 is 0 Å². The Labute approximate surface area is 166 Å². The number of amides is 2. The highest BCUT2D eigenvalue weighted by atomic mass is 32.1. The lowest BCUT2D eigenvalue weighted by Gasteiger charge is -2.14. The first kappa shape index (κ1) is 18.2. The van der Waals surface area contributed by atoms with E-state index in [2.05, 4.69) is 10.3 Å². The molecule has 4 rings (SSSR count). The van der Waals surface area contributed by atoms with Crippen LogP contribution in [0.25, 0.3) is 10.6 Å². The summed E-state index contributed by atoms with van der Waals surface area (Å²) in [6, 6.07) is 15.6. The first-order valence-electron chi connectivity index (χ1n) is 8.94. The summed E-state index contributed by atoms with van der Waals surface area (Å²) >= 11 is 1.45. The van der Waals surface area contributed by atoms with Crippen LogP contribution in [0.1, 0.15) is 21.6 Å². The molecule has 0 bridgehead atoms. The number of carbonyl (C=O) groups excluding carboxylic acids is 2. The largest absolute Gasteiger partial charge is 0.447 e. The molecule has 0 radical (unpaired) electrons. The summed E-state index contributed by atoms with van der Waals surface area (Å²) in [7, 11) is 0. The van der Waals surface area contributed by atoms with Gasteiger partial charge in [0.15, 0.2) is 0 Å². The Morgan fingerprint density at radius 2 is 2.07 bits per heavy atom. The number of anilines is 1. The van der Waals surface area contributed by atoms with Gasteiger partial charge in [0.1, 0.15) is 17.3 Å². The lowest BCUT2D eigenvalue weighted by atomic mass is 10.2. The summed E-state index contributed by atoms with van der Waals surface area (Å²) < 4.78 is 4.97. The van der Waals surface area contributed by atoms with E-state index in [-0.39, 0.29) is 12.0 Å². The Balaban J connectivity index is 1.41. The highest BCUT2D eigenvalue weighted by Gasteiger charge is 2.23. The lowest BCUT2D eigenvalue weighted by Crippen LogP contribution is -2.25. The van der Waals surface area contributed by atoms with Crippen LogP contribution in [0.4, 0.5) is 10.5 Å². The number of aryl methyl sites for hydroxylation is 1. The van der Waals surface area contributed by atoms with Crippen molar-refractivity contribution in [3.05, 3.63) is 70.7 Å². The molecule has 3 aromatic rings. The van der Waals surface area contributed by atoms with E-state index in [1.54, 1.807) is 10.3 Å². The fourth-order valence-electron chi connectivity index (χ4n) is 2.94. The van der Waals surface area contributed by atoms with Crippen molar-refractivity contribution in [2.45, 2.75) is 13.5 Å². The van der Waals surface area contributed by atoms with Crippen molar-refractivity contribution >= 4 is 29.0 Å². The highest BCUT2D eigenvalue weighted by molar-refractivity contribution is 7.13. The maximum Gasteiger partial charge on any atom is 0.414 e. The first-order valence-corrected chi connectivity index (χ1v) is 9.82. The van der Waals surface area contributed by atoms with Gasteiger partial charge >= 0.3 is 6.09 Å². The fraction of sp³-hybridized carbons (Fsp3) is 0.190. The third kappa shape index (κ3) is 3.89. The average Bonchev–Trinajstić information content (AvgIpc) is 3.36. The Morgan fingerprint density at radius 3 is 2.82 bits per heavy atom. The first-order chi connectivity index (χ1) is 13.6. The molecule has 0 unspecified atom stereocenters. The van der Waals surface area contributed by atoms with Gasteiger partial charge in [-0.1, -0.05) is 42.0 Å². The van der Waals surface area contributed by atoms with Crippen LogP contribution in [0.5, 0.6) is 0 Å². The second kappa shape index (κ2) is 7.82. The van der Waals surface area contributed by atoms with Crippen molar-refractivity contribution in [1.29, 1.82) is 0 Å². The summed E-state index contributed by atoms with van der Waals surface area (Å²) in [4.78, 5) is 30.2. The molecule has 6 nitrogen and oxygen atoms in total. The summed E-state index contributed by atoms with van der Waals surface area (Å²) in [6.07, 6.45) is -0.340. The second-order valence-electron chi connectivity index (χ2n) is 6.52. The van der Waals surface area contributed by atoms with Crippen molar-refractivity contribution in [2.24, 2.45) is 0 Å². The van der Waals surface area contributed by atoms with Gasteiger partial charge in [0, 0.05) is 23.2 Å². The number of hydrogen-bond donors (Lipinski definition) is 1. The zero-order valence-electron chi connectivity index (χ0n) is 15.3. The van der Waals surface area contributed by atoms with Crippen molar-refractivity contribution in [3.8, 4) is 10.6 Å². The predicted molar refractivity (Wildman–Crippen MR) is 109 cm³/mol. The number of thiazole rings is 1. The van der Waals surface area contributed by atoms with Gasteiger partial charge in [-0.25, -0.2) is 9.78 Å². The number of rotatable bonds is 5. The van der Waals surface area contributed by atoms with Gasteiger partial charge in [-0.2, -0.15) is 0 Å². The summed E-state index contributed by atoms with van der Waals surface area (Å²) in [5.41, 5.74) is 4.26. The molecular weight excluding hydrogens is 374 g/mol. The third-order valence-corrected chi connectivity index (χ3v) is 5.36. The molecule has 0 atom stereocenters. The highest BCUT2D eigenvalue weighted by Crippen LogP contribution is 2.24. The number of benzene rings is 2. The molecule has 2 aromatic carbocycles. The number of cyclic esters (lactones) is 1. The van der Waals surface area contributed by atoms with E-state index in [1.165, 1.54) is 16.9 Å². The van der Waals surface area contributed by atoms with Crippen LogP contribution < -0.4 is 10.2 Å². The standard InChI is InChI=1S/C21H19N3O3S/c1-14-5-7-16(8-6-14)20-23-18(13-28-20)19(25)22-12-15-3-2-4-17(11-15)24-9-10-27-21(24)26/h2-8,11,13H,9-10,12H2,1H3,(H,22,25). The molecule has 1 saturated heterocycles. The fourth-order valence-corrected chi connectivity index (χ4v) is 3.75. The molecule has 1 fully saturated rings. The Kier molecular flexibility index (Phi) is 5.08. The Morgan fingerprint density at radius 1 is 1.25 bits per heavy atom. The van der Waals surface area contributed by atoms with E-state index in [4.69, 9.17) is 4.74 Å². The summed E-state index contributed by atoms with van der Waals surface area (Å²) in [5.74, 6) is -0.222. The molecule has 142 valence electrons. The summed E-state index contributed by atoms with van der Waals surface area (Å²) in [5, 5.41) is 5.47. The average molecular weight is 393 g/mol. The number of carbonyl (C=O) groups is 2. The molecular formula is C21H19N3O3S. The van der Waals surface area contributed by atoms with Crippen molar-refractivity contribution < 1.29 is 14.3 Å². The number of hydrogen-bond acceptors (Lipinski definition) is 5. The molecule has 28 heavy (non-hydrogen) atoms. The minimum atomic E-state index is -0.340. The molecule has 0 aliphatic carbocycles. The molecule has 2 amide bonds. The van der Waals surface area contributed by atoms with Gasteiger partial charge in [0.25, 0.3) is 5.91 Å². The normalized spacial score (nSPS) is 13.5. The van der Waals surface area contributed by atoms with Gasteiger partial charge in [0.05, 0.1) is 6.54 Å². The van der Waals surface area contributed by atoms with Crippen LogP contribution in [0.15, 0.2) is 53.9 Å². The van der Waals surface area contributed by atoms with Crippen LogP contribution in [-0.2, 0) is 11.3 Å². The Hall–Kier alpha value is -3.19. The number of ether oxygens (including phenoxy) is 1. The maximum atomic E-state index is 12.5. The quantitative estimate of drug-likeness (QED) is 0.711. The van der Waals surface area contributed by atoms with Gasteiger partial charge < -0.3 is 10.1 Å². The molecule has 0 spiro atoms. The zero-order chi connectivity index (χ0) is 19.5. The molecule has 1 aromatic heterocycles. The predicted octanol–water partition coefficient (Wildman–Crippen LogP) is 4.01. The van der Waals surface area contributed by atoms with Crippen molar-refractivity contribution in [2.75, 3.05) is 18.1 Å². The third-order valence-electron chi connectivity index (χ3n) is 4.47. The van der Waals surface area contributed by atoms with Crippen LogP contribution in [0.2, 0.25) is 0 Å². The Bertz CT molecular complexity index is 1010. The second-order valence-corrected chi connectivity index (χ2v) is 7.38. The molecule has 1 aliphatic heterocycles. The molecule has 0 saturated carbocycles. The van der Waals surface area contributed by atoms with Crippen LogP contribution in [-0.4, -0.2) is 30.1 Å². The smallest absolute Gasteiger partial charge is 0.414 e. The van der Waals surface area contributed by atoms with Gasteiger partial charge in [-0.3, -0.25) is 9.69 Å². The number of nitrogens with zero attached hydrogens (tertiary/aromatic N) is 2. The minimum Gasteiger partial charge on any atom is -0.447 e. The van der Waals surface area contributed by atoms with Crippen molar-refractivity contribution in [1.82, 2.24) is 10.3 Å². The molecule has 2 heterocycles. The van der Waals surface area contributed by atoms with Gasteiger partial charge in [-0.05, 0) is 24.6 Å². The minimum absolute atomic E-state index is 0.222. The van der Waals surface area contributed by atoms with Crippen LogP contribution in [0.3, 0.4) is 0 Å². The lowest BCUT2D eigenvalue weighted by molar-refractivity contribution is 0.0946. The maximum absolute atomic E-state index is 12.5. The van der Waals surface area contributed by atoms with Gasteiger partial charge in [0.2, 0.25) is 0 Å². The molecule has 1 aliphatic rings. The summed E-state index contributed by atoms with van der Waals surface area (Å²) in [6.45, 7) is 3.32. The van der Waals surface area contributed by atoms with E-state index in [0.717, 1.165) is 21.8 Å². The number of aromatic nitrogens is 1. The topological polar surface area (TPSA) is 71.5 Å². The van der Waals surface area contributed by atoms with Crippen LogP contribution in [0, 0.1) is 6.92 Å². The van der Waals surface area contributed by atoms with Crippen LogP contribution >= 0.6 is 11.3 Å². The van der Waals surface area contributed by atoms with E-state index in [0.29, 0.717) is 25.4 Å². The van der Waals surface area contributed by atoms with Crippen molar-refractivity contribution in [3.63, 3.8) is 0 Å². The zero-order valence-corrected chi connectivity index (χ0v) is 16.2. The molecule has 7 heteroatoms. The molecule has 1 N–H and O–H groups in total. The van der Waals surface area contributed by atoms with E-state index < -0.39 is 0 Å².